The number of aromatic amines is 1. The van der Waals surface area contributed by atoms with E-state index in [0.29, 0.717) is 36.9 Å². The summed E-state index contributed by atoms with van der Waals surface area (Å²) in [5.74, 6) is 1.46. The number of ether oxygens (including phenoxy) is 1. The van der Waals surface area contributed by atoms with Crippen LogP contribution in [0.2, 0.25) is 0 Å². The first-order valence-electron chi connectivity index (χ1n) is 11.7. The molecular formula is C26H32N4O3. The van der Waals surface area contributed by atoms with E-state index in [1.807, 2.05) is 56.0 Å². The number of benzene rings is 2. The van der Waals surface area contributed by atoms with E-state index < -0.39 is 6.04 Å². The predicted molar refractivity (Wildman–Crippen MR) is 128 cm³/mol. The summed E-state index contributed by atoms with van der Waals surface area (Å²) in [5, 5.41) is 2.96. The van der Waals surface area contributed by atoms with Crippen molar-refractivity contribution in [3.63, 3.8) is 0 Å². The second-order valence-electron chi connectivity index (χ2n) is 8.86. The summed E-state index contributed by atoms with van der Waals surface area (Å²) < 4.78 is 5.59. The second kappa shape index (κ2) is 10.1. The Morgan fingerprint density at radius 3 is 2.52 bits per heavy atom. The maximum atomic E-state index is 13.4. The van der Waals surface area contributed by atoms with Crippen LogP contribution in [0.5, 0.6) is 5.75 Å². The molecule has 0 radical (unpaired) electrons. The fourth-order valence-corrected chi connectivity index (χ4v) is 4.40. The molecule has 7 heteroatoms. The highest BCUT2D eigenvalue weighted by Gasteiger charge is 2.32. The predicted octanol–water partition coefficient (Wildman–Crippen LogP) is 4.12. The molecule has 1 aliphatic rings. The van der Waals surface area contributed by atoms with Gasteiger partial charge in [-0.05, 0) is 49.9 Å². The summed E-state index contributed by atoms with van der Waals surface area (Å²) in [6.07, 6.45) is 1.69. The van der Waals surface area contributed by atoms with Crippen molar-refractivity contribution < 1.29 is 14.3 Å². The van der Waals surface area contributed by atoms with Gasteiger partial charge in [0.2, 0.25) is 5.91 Å². The molecule has 1 fully saturated rings. The molecule has 2 heterocycles. The quantitative estimate of drug-likeness (QED) is 0.569. The average Bonchev–Trinajstić information content (AvgIpc) is 3.27. The van der Waals surface area contributed by atoms with Gasteiger partial charge in [-0.1, -0.05) is 38.1 Å². The Bertz CT molecular complexity index is 1080. The number of piperidine rings is 1. The summed E-state index contributed by atoms with van der Waals surface area (Å²) in [4.78, 5) is 36.4. The first kappa shape index (κ1) is 22.8. The maximum Gasteiger partial charge on any atom is 0.255 e. The minimum absolute atomic E-state index is 0.0321. The van der Waals surface area contributed by atoms with Gasteiger partial charge in [-0.2, -0.15) is 0 Å². The van der Waals surface area contributed by atoms with E-state index in [9.17, 15) is 9.59 Å². The van der Waals surface area contributed by atoms with Gasteiger partial charge in [0.1, 0.15) is 17.6 Å². The maximum absolute atomic E-state index is 13.4. The van der Waals surface area contributed by atoms with Crippen molar-refractivity contribution in [2.24, 2.45) is 5.92 Å². The van der Waals surface area contributed by atoms with Crippen LogP contribution in [0, 0.1) is 5.92 Å². The smallest absolute Gasteiger partial charge is 0.255 e. The molecular weight excluding hydrogens is 416 g/mol. The minimum Gasteiger partial charge on any atom is -0.493 e. The number of fused-ring (bicyclic) bond motifs is 1. The molecule has 0 saturated carbocycles. The molecule has 3 aromatic rings. The van der Waals surface area contributed by atoms with Gasteiger partial charge in [-0.25, -0.2) is 4.98 Å². The minimum atomic E-state index is -0.588. The highest BCUT2D eigenvalue weighted by molar-refractivity contribution is 5.99. The Hall–Kier alpha value is -3.35. The third-order valence-electron chi connectivity index (χ3n) is 6.25. The molecule has 7 nitrogen and oxygen atoms in total. The molecule has 0 bridgehead atoms. The van der Waals surface area contributed by atoms with Crippen molar-refractivity contribution >= 4 is 22.8 Å². The first-order valence-corrected chi connectivity index (χ1v) is 11.7. The van der Waals surface area contributed by atoms with Crippen LogP contribution < -0.4 is 10.1 Å². The Kier molecular flexibility index (Phi) is 6.96. The molecule has 1 saturated heterocycles. The number of hydrogen-bond donors (Lipinski definition) is 2. The van der Waals surface area contributed by atoms with Crippen LogP contribution in [0.1, 0.15) is 55.7 Å². The van der Waals surface area contributed by atoms with Gasteiger partial charge in [0.05, 0.1) is 23.2 Å². The van der Waals surface area contributed by atoms with E-state index >= 15 is 0 Å². The average molecular weight is 449 g/mol. The topological polar surface area (TPSA) is 87.3 Å². The fraction of sp³-hybridized carbons (Fsp3) is 0.423. The van der Waals surface area contributed by atoms with Gasteiger partial charge in [0, 0.05) is 19.0 Å². The van der Waals surface area contributed by atoms with Crippen molar-refractivity contribution in [2.75, 3.05) is 19.7 Å². The van der Waals surface area contributed by atoms with Gasteiger partial charge in [0.15, 0.2) is 0 Å². The van der Waals surface area contributed by atoms with Crippen molar-refractivity contribution in [1.82, 2.24) is 20.2 Å². The Labute approximate surface area is 194 Å². The molecule has 174 valence electrons. The number of nitrogens with one attached hydrogen (secondary N) is 2. The second-order valence-corrected chi connectivity index (χ2v) is 8.86. The molecule has 0 spiro atoms. The van der Waals surface area contributed by atoms with Crippen LogP contribution in [-0.2, 0) is 4.79 Å². The number of aromatic nitrogens is 2. The fourth-order valence-electron chi connectivity index (χ4n) is 4.40. The summed E-state index contributed by atoms with van der Waals surface area (Å²) in [6.45, 7) is 7.56. The van der Waals surface area contributed by atoms with E-state index in [1.54, 1.807) is 18.2 Å². The van der Waals surface area contributed by atoms with E-state index in [2.05, 4.69) is 10.3 Å². The SMILES string of the molecule is CCOc1ccccc1C(=O)NC(C(=O)N1CCC(c2nc3ccccc3[nH]2)CC1)C(C)C. The molecule has 2 aromatic carbocycles. The van der Waals surface area contributed by atoms with Crippen LogP contribution >= 0.6 is 0 Å². The number of H-pyrrole nitrogens is 1. The number of hydrogen-bond acceptors (Lipinski definition) is 4. The lowest BCUT2D eigenvalue weighted by Crippen LogP contribution is -2.52. The summed E-state index contributed by atoms with van der Waals surface area (Å²) >= 11 is 0. The Morgan fingerprint density at radius 2 is 1.82 bits per heavy atom. The zero-order valence-corrected chi connectivity index (χ0v) is 19.5. The van der Waals surface area contributed by atoms with Crippen molar-refractivity contribution in [3.8, 4) is 5.75 Å². The number of carbonyl (C=O) groups excluding carboxylic acids is 2. The molecule has 2 amide bonds. The van der Waals surface area contributed by atoms with E-state index in [4.69, 9.17) is 9.72 Å². The zero-order valence-electron chi connectivity index (χ0n) is 19.5. The lowest BCUT2D eigenvalue weighted by atomic mass is 9.94. The molecule has 1 unspecified atom stereocenters. The lowest BCUT2D eigenvalue weighted by Gasteiger charge is -2.35. The number of likely N-dealkylation sites (tertiary alicyclic amines) is 1. The van der Waals surface area contributed by atoms with Crippen LogP contribution in [0.25, 0.3) is 11.0 Å². The van der Waals surface area contributed by atoms with Crippen LogP contribution in [0.3, 0.4) is 0 Å². The monoisotopic (exact) mass is 448 g/mol. The third kappa shape index (κ3) is 5.02. The van der Waals surface area contributed by atoms with E-state index in [0.717, 1.165) is 29.7 Å². The van der Waals surface area contributed by atoms with Crippen LogP contribution in [-0.4, -0.2) is 52.4 Å². The molecule has 4 rings (SSSR count). The van der Waals surface area contributed by atoms with Gasteiger partial charge in [-0.3, -0.25) is 9.59 Å². The van der Waals surface area contributed by atoms with E-state index in [1.165, 1.54) is 0 Å². The number of imidazole rings is 1. The molecule has 1 aromatic heterocycles. The summed E-state index contributed by atoms with van der Waals surface area (Å²) in [6, 6.07) is 14.6. The largest absolute Gasteiger partial charge is 0.493 e. The number of para-hydroxylation sites is 3. The first-order chi connectivity index (χ1) is 16.0. The standard InChI is InChI=1S/C26H32N4O3/c1-4-33-22-12-8-5-9-19(22)25(31)29-23(17(2)3)26(32)30-15-13-18(14-16-30)24-27-20-10-6-7-11-21(20)28-24/h5-12,17-18,23H,4,13-16H2,1-3H3,(H,27,28)(H,29,31). The van der Waals surface area contributed by atoms with Gasteiger partial charge < -0.3 is 19.9 Å². The third-order valence-corrected chi connectivity index (χ3v) is 6.25. The molecule has 33 heavy (non-hydrogen) atoms. The van der Waals surface area contributed by atoms with Gasteiger partial charge in [0.25, 0.3) is 5.91 Å². The molecule has 0 aliphatic carbocycles. The van der Waals surface area contributed by atoms with E-state index in [-0.39, 0.29) is 17.7 Å². The number of rotatable bonds is 7. The van der Waals surface area contributed by atoms with Crippen LogP contribution in [0.15, 0.2) is 48.5 Å². The van der Waals surface area contributed by atoms with Crippen LogP contribution in [0.4, 0.5) is 0 Å². The highest BCUT2D eigenvalue weighted by atomic mass is 16.5. The number of amides is 2. The zero-order chi connectivity index (χ0) is 23.4. The number of carbonyl (C=O) groups is 2. The number of nitrogens with zero attached hydrogens (tertiary/aromatic N) is 2. The van der Waals surface area contributed by atoms with Crippen molar-refractivity contribution in [3.05, 3.63) is 59.9 Å². The molecule has 1 aliphatic heterocycles. The highest BCUT2D eigenvalue weighted by Crippen LogP contribution is 2.28. The van der Waals surface area contributed by atoms with Crippen molar-refractivity contribution in [1.29, 1.82) is 0 Å². The Morgan fingerprint density at radius 1 is 1.12 bits per heavy atom. The summed E-state index contributed by atoms with van der Waals surface area (Å²) in [5.41, 5.74) is 2.46. The lowest BCUT2D eigenvalue weighted by molar-refractivity contribution is -0.135. The molecule has 2 N–H and O–H groups in total. The summed E-state index contributed by atoms with van der Waals surface area (Å²) in [7, 11) is 0. The Balaban J connectivity index is 1.41. The molecule has 1 atom stereocenters. The van der Waals surface area contributed by atoms with Gasteiger partial charge >= 0.3 is 0 Å². The normalized spacial score (nSPS) is 15.6. The van der Waals surface area contributed by atoms with Gasteiger partial charge in [-0.15, -0.1) is 0 Å². The van der Waals surface area contributed by atoms with Crippen molar-refractivity contribution in [2.45, 2.75) is 45.6 Å².